The van der Waals surface area contributed by atoms with Crippen LogP contribution in [0.15, 0.2) is 60.7 Å². The Morgan fingerprint density at radius 3 is 1.96 bits per heavy atom. The van der Waals surface area contributed by atoms with E-state index in [0.29, 0.717) is 42.0 Å². The Morgan fingerprint density at radius 2 is 1.43 bits per heavy atom. The fourth-order valence-electron chi connectivity index (χ4n) is 2.00. The molecule has 0 spiro atoms. The van der Waals surface area contributed by atoms with Gasteiger partial charge in [0.15, 0.2) is 0 Å². The predicted octanol–water partition coefficient (Wildman–Crippen LogP) is 3.58. The topological polar surface area (TPSA) is 43.4 Å². The van der Waals surface area contributed by atoms with Crippen LogP contribution < -0.4 is 0 Å². The van der Waals surface area contributed by atoms with Crippen LogP contribution in [0.4, 0.5) is 0 Å². The van der Waals surface area contributed by atoms with Crippen molar-refractivity contribution in [2.75, 3.05) is 0 Å². The minimum absolute atomic E-state index is 0.0224. The Bertz CT molecular complexity index is 716. The third-order valence-electron chi connectivity index (χ3n) is 3.41. The minimum atomic E-state index is -0.0718. The van der Waals surface area contributed by atoms with Crippen molar-refractivity contribution in [1.82, 2.24) is 0 Å². The van der Waals surface area contributed by atoms with Crippen LogP contribution in [0.25, 0.3) is 5.76 Å². The van der Waals surface area contributed by atoms with Gasteiger partial charge in [-0.15, -0.1) is 0 Å². The van der Waals surface area contributed by atoms with Crippen molar-refractivity contribution >= 4 is 42.5 Å². The van der Waals surface area contributed by atoms with Crippen LogP contribution in [0.1, 0.15) is 35.3 Å². The van der Waals surface area contributed by atoms with Crippen LogP contribution in [-0.2, 0) is 7.61 Å². The summed E-state index contributed by atoms with van der Waals surface area (Å²) in [7, 11) is 0. The van der Waals surface area contributed by atoms with Crippen LogP contribution >= 0.6 is 0 Å². The van der Waals surface area contributed by atoms with E-state index in [4.69, 9.17) is 2.81 Å². The Morgan fingerprint density at radius 1 is 0.913 bits per heavy atom. The van der Waals surface area contributed by atoms with Crippen molar-refractivity contribution < 1.29 is 12.4 Å². The summed E-state index contributed by atoms with van der Waals surface area (Å²) in [5.74, 6) is 0.481. The average molecular weight is 502 g/mol. The van der Waals surface area contributed by atoms with Crippen LogP contribution in [0, 0.1) is 5.92 Å². The molecule has 2 rings (SSSR count). The Hall–Kier alpha value is -1.80. The molecule has 2 radical (unpaired) electrons. The number of carbonyl (C=O) groups excluding carboxylic acids is 2. The summed E-state index contributed by atoms with van der Waals surface area (Å²) in [5, 5.41) is 0. The SMILES string of the molecule is CC(C)C(=O)/C=C(/[O][Bi])c1ccc(C(=O)c2ccccc2)cc1. The molecule has 3 nitrogen and oxygen atoms in total. The van der Waals surface area contributed by atoms with Gasteiger partial charge in [0.2, 0.25) is 0 Å². The Balaban J connectivity index is 2.25. The average Bonchev–Trinajstić information content (AvgIpc) is 2.59. The standard InChI is InChI=1S/C19H18O3.Bi/c1-13(2)17(20)12-18(21)14-8-10-16(11-9-14)19(22)15-6-4-3-5-7-15;/h3-13,21H,1-2H3;/q;+1/p-1/b18-12+;. The van der Waals surface area contributed by atoms with Gasteiger partial charge in [-0.2, -0.15) is 0 Å². The van der Waals surface area contributed by atoms with Crippen molar-refractivity contribution in [2.45, 2.75) is 13.8 Å². The molecule has 0 fully saturated rings. The number of hydrogen-bond donors (Lipinski definition) is 0. The summed E-state index contributed by atoms with van der Waals surface area (Å²) in [6, 6.07) is 16.3. The fourth-order valence-corrected chi connectivity index (χ4v) is 2.61. The molecule has 0 aliphatic heterocycles. The third-order valence-corrected chi connectivity index (χ3v) is 4.17. The molecule has 0 aliphatic carbocycles. The zero-order chi connectivity index (χ0) is 16.8. The van der Waals surface area contributed by atoms with E-state index in [1.165, 1.54) is 6.08 Å². The molecule has 23 heavy (non-hydrogen) atoms. The van der Waals surface area contributed by atoms with Crippen molar-refractivity contribution in [3.8, 4) is 0 Å². The van der Waals surface area contributed by atoms with Gasteiger partial charge >= 0.3 is 152 Å². The van der Waals surface area contributed by atoms with Crippen molar-refractivity contribution in [3.63, 3.8) is 0 Å². The quantitative estimate of drug-likeness (QED) is 0.263. The number of rotatable bonds is 6. The summed E-state index contributed by atoms with van der Waals surface area (Å²) in [5.41, 5.74) is 2.06. The molecular weight excluding hydrogens is 485 g/mol. The molecule has 2 aromatic carbocycles. The zero-order valence-electron chi connectivity index (χ0n) is 13.0. The van der Waals surface area contributed by atoms with Gasteiger partial charge in [-0.1, -0.05) is 0 Å². The van der Waals surface area contributed by atoms with Gasteiger partial charge < -0.3 is 0 Å². The van der Waals surface area contributed by atoms with E-state index in [1.54, 1.807) is 24.3 Å². The molecule has 0 saturated heterocycles. The van der Waals surface area contributed by atoms with E-state index in [0.717, 1.165) is 5.56 Å². The van der Waals surface area contributed by atoms with Gasteiger partial charge in [0.05, 0.1) is 0 Å². The van der Waals surface area contributed by atoms with Gasteiger partial charge in [0, 0.05) is 0 Å². The first-order valence-corrected chi connectivity index (χ1v) is 8.72. The van der Waals surface area contributed by atoms with E-state index in [2.05, 4.69) is 0 Å². The van der Waals surface area contributed by atoms with Crippen molar-refractivity contribution in [3.05, 3.63) is 77.4 Å². The van der Waals surface area contributed by atoms with Gasteiger partial charge in [-0.05, 0) is 0 Å². The van der Waals surface area contributed by atoms with Crippen molar-refractivity contribution in [1.29, 1.82) is 0 Å². The molecule has 0 unspecified atom stereocenters. The maximum atomic E-state index is 12.4. The molecule has 0 bridgehead atoms. The summed E-state index contributed by atoms with van der Waals surface area (Å²) >= 11 is 0.703. The summed E-state index contributed by atoms with van der Waals surface area (Å²) in [6.45, 7) is 3.70. The van der Waals surface area contributed by atoms with Gasteiger partial charge in [-0.3, -0.25) is 0 Å². The molecule has 0 amide bonds. The van der Waals surface area contributed by atoms with E-state index in [-0.39, 0.29) is 17.5 Å². The second-order valence-corrected chi connectivity index (χ2v) is 6.14. The summed E-state index contributed by atoms with van der Waals surface area (Å²) in [6.07, 6.45) is 1.53. The first-order chi connectivity index (χ1) is 11.0. The third kappa shape index (κ3) is 4.59. The molecule has 0 aromatic heterocycles. The van der Waals surface area contributed by atoms with E-state index >= 15 is 0 Å². The number of ketones is 2. The number of benzene rings is 2. The molecule has 4 heteroatoms. The monoisotopic (exact) mass is 502 g/mol. The van der Waals surface area contributed by atoms with Crippen LogP contribution in [0.2, 0.25) is 0 Å². The molecule has 0 atom stereocenters. The second kappa shape index (κ2) is 8.17. The summed E-state index contributed by atoms with van der Waals surface area (Å²) < 4.78 is 5.41. The number of hydrogen-bond acceptors (Lipinski definition) is 3. The zero-order valence-corrected chi connectivity index (χ0v) is 16.5. The Kier molecular flexibility index (Phi) is 6.23. The first-order valence-electron chi connectivity index (χ1n) is 7.30. The normalized spacial score (nSPS) is 11.4. The molecule has 2 aromatic rings. The molecule has 0 heterocycles. The molecule has 0 N–H and O–H groups in total. The van der Waals surface area contributed by atoms with Crippen LogP contribution in [-0.4, -0.2) is 36.7 Å². The fraction of sp³-hybridized carbons (Fsp3) is 0.158. The summed E-state index contributed by atoms with van der Waals surface area (Å²) in [4.78, 5) is 24.2. The molecular formula is C19H17BiO3. The maximum absolute atomic E-state index is 12.4. The number of allylic oxidation sites excluding steroid dienone is 1. The predicted molar refractivity (Wildman–Crippen MR) is 91.0 cm³/mol. The molecule has 0 saturated carbocycles. The van der Waals surface area contributed by atoms with Gasteiger partial charge in [0.25, 0.3) is 0 Å². The van der Waals surface area contributed by atoms with Crippen LogP contribution in [0.3, 0.4) is 0 Å². The Labute approximate surface area is 151 Å². The van der Waals surface area contributed by atoms with Crippen molar-refractivity contribution in [2.24, 2.45) is 5.92 Å². The van der Waals surface area contributed by atoms with Gasteiger partial charge in [-0.25, -0.2) is 0 Å². The van der Waals surface area contributed by atoms with Gasteiger partial charge in [0.1, 0.15) is 0 Å². The van der Waals surface area contributed by atoms with E-state index in [1.807, 2.05) is 44.2 Å². The first kappa shape index (κ1) is 17.6. The van der Waals surface area contributed by atoms with Crippen LogP contribution in [0.5, 0.6) is 0 Å². The number of carbonyl (C=O) groups is 2. The second-order valence-electron chi connectivity index (χ2n) is 5.43. The molecule has 116 valence electrons. The molecule has 0 aliphatic rings. The van der Waals surface area contributed by atoms with E-state index in [9.17, 15) is 9.59 Å². The van der Waals surface area contributed by atoms with E-state index < -0.39 is 0 Å².